The van der Waals surface area contributed by atoms with E-state index >= 15 is 0 Å². The van der Waals surface area contributed by atoms with E-state index in [-0.39, 0.29) is 0 Å². The fraction of sp³-hybridized carbons (Fsp3) is 0.0769. The van der Waals surface area contributed by atoms with Crippen LogP contribution in [0.3, 0.4) is 0 Å². The van der Waals surface area contributed by atoms with Crippen LogP contribution in [0.2, 0.25) is 0 Å². The second-order valence-corrected chi connectivity index (χ2v) is 4.02. The van der Waals surface area contributed by atoms with Crippen molar-refractivity contribution >= 4 is 5.69 Å². The minimum atomic E-state index is 0.466. The Morgan fingerprint density at radius 3 is 2.68 bits per heavy atom. The van der Waals surface area contributed by atoms with Crippen molar-refractivity contribution in [2.45, 2.75) is 6.42 Å². The number of aromatic nitrogens is 4. The number of rotatable bonds is 3. The molecule has 2 heterocycles. The summed E-state index contributed by atoms with van der Waals surface area (Å²) in [6, 6.07) is 9.29. The second kappa shape index (κ2) is 4.85. The average Bonchev–Trinajstić information content (AvgIpc) is 2.91. The van der Waals surface area contributed by atoms with E-state index in [2.05, 4.69) is 20.1 Å². The standard InChI is InChI=1S/C13H11N5O/c14-10-3-1-9(2-4-10)7-12-17-13(18-19-12)11-5-6-15-8-16-11/h1-6,8H,7,14H2. The van der Waals surface area contributed by atoms with Gasteiger partial charge in [-0.05, 0) is 23.8 Å². The summed E-state index contributed by atoms with van der Waals surface area (Å²) in [4.78, 5) is 12.2. The third-order valence-corrected chi connectivity index (χ3v) is 2.61. The van der Waals surface area contributed by atoms with Gasteiger partial charge in [0.15, 0.2) is 0 Å². The molecule has 19 heavy (non-hydrogen) atoms. The summed E-state index contributed by atoms with van der Waals surface area (Å²) >= 11 is 0. The predicted molar refractivity (Wildman–Crippen MR) is 69.0 cm³/mol. The highest BCUT2D eigenvalue weighted by Gasteiger charge is 2.09. The van der Waals surface area contributed by atoms with Crippen LogP contribution in [0.5, 0.6) is 0 Å². The van der Waals surface area contributed by atoms with Gasteiger partial charge in [0.1, 0.15) is 12.0 Å². The van der Waals surface area contributed by atoms with E-state index in [0.29, 0.717) is 23.8 Å². The molecule has 0 spiro atoms. The first-order valence-electron chi connectivity index (χ1n) is 5.74. The Labute approximate surface area is 109 Å². The number of hydrogen-bond acceptors (Lipinski definition) is 6. The predicted octanol–water partition coefficient (Wildman–Crippen LogP) is 1.70. The summed E-state index contributed by atoms with van der Waals surface area (Å²) in [5, 5.41) is 3.90. The molecule has 0 atom stereocenters. The molecule has 94 valence electrons. The molecule has 0 amide bonds. The Morgan fingerprint density at radius 2 is 1.95 bits per heavy atom. The number of hydrogen-bond donors (Lipinski definition) is 1. The van der Waals surface area contributed by atoms with Crippen molar-refractivity contribution in [2.24, 2.45) is 0 Å². The minimum Gasteiger partial charge on any atom is -0.399 e. The van der Waals surface area contributed by atoms with Crippen molar-refractivity contribution in [2.75, 3.05) is 5.73 Å². The van der Waals surface area contributed by atoms with Crippen LogP contribution >= 0.6 is 0 Å². The fourth-order valence-electron chi connectivity index (χ4n) is 1.66. The van der Waals surface area contributed by atoms with Gasteiger partial charge >= 0.3 is 0 Å². The van der Waals surface area contributed by atoms with Crippen LogP contribution < -0.4 is 5.73 Å². The number of nitrogens with zero attached hydrogens (tertiary/aromatic N) is 4. The van der Waals surface area contributed by atoms with E-state index in [1.807, 2.05) is 24.3 Å². The summed E-state index contributed by atoms with van der Waals surface area (Å²) in [7, 11) is 0. The zero-order chi connectivity index (χ0) is 13.1. The van der Waals surface area contributed by atoms with Crippen LogP contribution in [0.1, 0.15) is 11.5 Å². The van der Waals surface area contributed by atoms with Crippen molar-refractivity contribution in [3.05, 3.63) is 54.3 Å². The van der Waals surface area contributed by atoms with Crippen LogP contribution in [0.25, 0.3) is 11.5 Å². The van der Waals surface area contributed by atoms with Crippen molar-refractivity contribution in [1.29, 1.82) is 0 Å². The molecule has 0 saturated carbocycles. The Kier molecular flexibility index (Phi) is 2.89. The maximum atomic E-state index is 5.63. The normalized spacial score (nSPS) is 10.5. The maximum absolute atomic E-state index is 5.63. The Hall–Kier alpha value is -2.76. The van der Waals surface area contributed by atoms with Crippen LogP contribution in [0.4, 0.5) is 5.69 Å². The van der Waals surface area contributed by atoms with Crippen molar-refractivity contribution < 1.29 is 4.52 Å². The lowest BCUT2D eigenvalue weighted by molar-refractivity contribution is 0.385. The number of nitrogens with two attached hydrogens (primary N) is 1. The monoisotopic (exact) mass is 253 g/mol. The Bertz CT molecular complexity index is 663. The van der Waals surface area contributed by atoms with Gasteiger partial charge < -0.3 is 10.3 Å². The molecule has 0 unspecified atom stereocenters. The lowest BCUT2D eigenvalue weighted by Crippen LogP contribution is -1.91. The van der Waals surface area contributed by atoms with E-state index < -0.39 is 0 Å². The molecular formula is C13H11N5O. The first-order valence-corrected chi connectivity index (χ1v) is 5.74. The summed E-state index contributed by atoms with van der Waals surface area (Å²) in [6.07, 6.45) is 3.65. The SMILES string of the molecule is Nc1ccc(Cc2nc(-c3ccncn3)no2)cc1. The highest BCUT2D eigenvalue weighted by molar-refractivity contribution is 5.46. The van der Waals surface area contributed by atoms with Crippen LogP contribution in [-0.4, -0.2) is 20.1 Å². The van der Waals surface area contributed by atoms with Gasteiger partial charge in [-0.15, -0.1) is 0 Å². The summed E-state index contributed by atoms with van der Waals surface area (Å²) in [6.45, 7) is 0. The largest absolute Gasteiger partial charge is 0.399 e. The summed E-state index contributed by atoms with van der Waals surface area (Å²) in [5.74, 6) is 1.01. The number of benzene rings is 1. The zero-order valence-electron chi connectivity index (χ0n) is 10.0. The molecule has 2 aromatic heterocycles. The van der Waals surface area contributed by atoms with Gasteiger partial charge in [0.25, 0.3) is 0 Å². The third-order valence-electron chi connectivity index (χ3n) is 2.61. The van der Waals surface area contributed by atoms with Gasteiger partial charge in [-0.3, -0.25) is 0 Å². The van der Waals surface area contributed by atoms with E-state index in [4.69, 9.17) is 10.3 Å². The Balaban J connectivity index is 1.80. The van der Waals surface area contributed by atoms with Crippen LogP contribution in [0, 0.1) is 0 Å². The molecule has 0 aliphatic rings. The molecule has 0 fully saturated rings. The smallest absolute Gasteiger partial charge is 0.231 e. The molecule has 0 aliphatic carbocycles. The van der Waals surface area contributed by atoms with Crippen LogP contribution in [0.15, 0.2) is 47.4 Å². The van der Waals surface area contributed by atoms with Crippen molar-refractivity contribution in [3.63, 3.8) is 0 Å². The first kappa shape index (κ1) is 11.3. The Morgan fingerprint density at radius 1 is 1.11 bits per heavy atom. The van der Waals surface area contributed by atoms with Crippen molar-refractivity contribution in [1.82, 2.24) is 20.1 Å². The molecular weight excluding hydrogens is 242 g/mol. The number of nitrogen functional groups attached to an aromatic ring is 1. The average molecular weight is 253 g/mol. The molecule has 2 N–H and O–H groups in total. The molecule has 0 saturated heterocycles. The van der Waals surface area contributed by atoms with E-state index in [9.17, 15) is 0 Å². The highest BCUT2D eigenvalue weighted by atomic mass is 16.5. The minimum absolute atomic E-state index is 0.466. The molecule has 0 bridgehead atoms. The van der Waals surface area contributed by atoms with Gasteiger partial charge in [0.2, 0.25) is 11.7 Å². The topological polar surface area (TPSA) is 90.7 Å². The van der Waals surface area contributed by atoms with E-state index in [1.165, 1.54) is 6.33 Å². The molecule has 1 aromatic carbocycles. The molecule has 0 aliphatic heterocycles. The lowest BCUT2D eigenvalue weighted by Gasteiger charge is -1.97. The molecule has 3 aromatic rings. The maximum Gasteiger partial charge on any atom is 0.231 e. The van der Waals surface area contributed by atoms with E-state index in [1.54, 1.807) is 12.3 Å². The fourth-order valence-corrected chi connectivity index (χ4v) is 1.66. The van der Waals surface area contributed by atoms with E-state index in [0.717, 1.165) is 11.3 Å². The summed E-state index contributed by atoms with van der Waals surface area (Å²) < 4.78 is 5.20. The molecule has 6 heteroatoms. The summed E-state index contributed by atoms with van der Waals surface area (Å²) in [5.41, 5.74) is 8.07. The molecule has 0 radical (unpaired) electrons. The van der Waals surface area contributed by atoms with Gasteiger partial charge in [0.05, 0.1) is 6.42 Å². The molecule has 6 nitrogen and oxygen atoms in total. The lowest BCUT2D eigenvalue weighted by atomic mass is 10.1. The second-order valence-electron chi connectivity index (χ2n) is 4.02. The van der Waals surface area contributed by atoms with Gasteiger partial charge in [-0.25, -0.2) is 9.97 Å². The van der Waals surface area contributed by atoms with Gasteiger partial charge in [-0.1, -0.05) is 17.3 Å². The van der Waals surface area contributed by atoms with Crippen LogP contribution in [-0.2, 0) is 6.42 Å². The first-order chi connectivity index (χ1) is 9.31. The third kappa shape index (κ3) is 2.57. The molecule has 3 rings (SSSR count). The number of anilines is 1. The van der Waals surface area contributed by atoms with Gasteiger partial charge in [0, 0.05) is 11.9 Å². The highest BCUT2D eigenvalue weighted by Crippen LogP contribution is 2.14. The van der Waals surface area contributed by atoms with Gasteiger partial charge in [-0.2, -0.15) is 4.98 Å². The quantitative estimate of drug-likeness (QED) is 0.714. The van der Waals surface area contributed by atoms with Crippen molar-refractivity contribution in [3.8, 4) is 11.5 Å². The zero-order valence-corrected chi connectivity index (χ0v) is 10.0.